The predicted octanol–water partition coefficient (Wildman–Crippen LogP) is 1.49. The molecule has 0 aromatic carbocycles. The fourth-order valence-corrected chi connectivity index (χ4v) is 2.92. The summed E-state index contributed by atoms with van der Waals surface area (Å²) in [5.41, 5.74) is 1.89. The SMILES string of the molecule is Cc1ncccc1C(=O)N1CCC[C@@H](c2ccnc(=O)[nH]2)C1. The van der Waals surface area contributed by atoms with Gasteiger partial charge in [0.15, 0.2) is 0 Å². The topological polar surface area (TPSA) is 79.0 Å². The molecular weight excluding hydrogens is 280 g/mol. The molecule has 114 valence electrons. The van der Waals surface area contributed by atoms with E-state index in [1.54, 1.807) is 12.3 Å². The van der Waals surface area contributed by atoms with Crippen LogP contribution in [0.5, 0.6) is 0 Å². The van der Waals surface area contributed by atoms with Crippen LogP contribution < -0.4 is 5.69 Å². The Morgan fingerprint density at radius 1 is 1.32 bits per heavy atom. The van der Waals surface area contributed by atoms with Gasteiger partial charge >= 0.3 is 5.69 Å². The van der Waals surface area contributed by atoms with Crippen molar-refractivity contribution >= 4 is 5.91 Å². The van der Waals surface area contributed by atoms with Crippen LogP contribution in [0.4, 0.5) is 0 Å². The minimum Gasteiger partial charge on any atom is -0.338 e. The molecule has 0 aliphatic carbocycles. The third kappa shape index (κ3) is 2.90. The van der Waals surface area contributed by atoms with Gasteiger partial charge in [-0.1, -0.05) is 0 Å². The lowest BCUT2D eigenvalue weighted by Crippen LogP contribution is -2.40. The summed E-state index contributed by atoms with van der Waals surface area (Å²) in [5.74, 6) is 0.150. The molecule has 6 heteroatoms. The molecule has 22 heavy (non-hydrogen) atoms. The van der Waals surface area contributed by atoms with Crippen LogP contribution in [0.15, 0.2) is 35.4 Å². The number of nitrogens with zero attached hydrogens (tertiary/aromatic N) is 3. The summed E-state index contributed by atoms with van der Waals surface area (Å²) < 4.78 is 0. The second-order valence-electron chi connectivity index (χ2n) is 5.56. The van der Waals surface area contributed by atoms with Crippen molar-refractivity contribution in [3.63, 3.8) is 0 Å². The fraction of sp³-hybridized carbons (Fsp3) is 0.375. The van der Waals surface area contributed by atoms with Crippen molar-refractivity contribution < 1.29 is 4.79 Å². The summed E-state index contributed by atoms with van der Waals surface area (Å²) in [6.07, 6.45) is 5.07. The summed E-state index contributed by atoms with van der Waals surface area (Å²) in [4.78, 5) is 36.5. The summed E-state index contributed by atoms with van der Waals surface area (Å²) in [6, 6.07) is 5.40. The summed E-state index contributed by atoms with van der Waals surface area (Å²) in [6.45, 7) is 3.18. The van der Waals surface area contributed by atoms with E-state index in [2.05, 4.69) is 15.0 Å². The van der Waals surface area contributed by atoms with Crippen LogP contribution in [0.3, 0.4) is 0 Å². The standard InChI is InChI=1S/C16H18N4O2/c1-11-13(5-2-7-17-11)15(21)20-9-3-4-12(10-20)14-6-8-18-16(22)19-14/h2,5-8,12H,3-4,9-10H2,1H3,(H,18,19,22)/t12-/m1/s1. The first-order chi connectivity index (χ1) is 10.6. The van der Waals surface area contributed by atoms with E-state index >= 15 is 0 Å². The van der Waals surface area contributed by atoms with Gasteiger partial charge in [0.1, 0.15) is 0 Å². The highest BCUT2D eigenvalue weighted by molar-refractivity contribution is 5.95. The van der Waals surface area contributed by atoms with Crippen LogP contribution in [0, 0.1) is 6.92 Å². The van der Waals surface area contributed by atoms with Crippen molar-refractivity contribution in [3.05, 3.63) is 58.0 Å². The first-order valence-corrected chi connectivity index (χ1v) is 7.41. The molecule has 3 rings (SSSR count). The maximum absolute atomic E-state index is 12.7. The largest absolute Gasteiger partial charge is 0.345 e. The second kappa shape index (κ2) is 6.09. The molecule has 1 aliphatic heterocycles. The molecular formula is C16H18N4O2. The number of rotatable bonds is 2. The Kier molecular flexibility index (Phi) is 4.00. The average molecular weight is 298 g/mol. The lowest BCUT2D eigenvalue weighted by atomic mass is 9.94. The monoisotopic (exact) mass is 298 g/mol. The number of pyridine rings is 1. The van der Waals surface area contributed by atoms with Gasteiger partial charge in [-0.25, -0.2) is 9.78 Å². The van der Waals surface area contributed by atoms with Crippen LogP contribution in [-0.4, -0.2) is 38.8 Å². The molecule has 0 saturated carbocycles. The van der Waals surface area contributed by atoms with Gasteiger partial charge < -0.3 is 9.88 Å². The number of nitrogens with one attached hydrogen (secondary N) is 1. The fourth-order valence-electron chi connectivity index (χ4n) is 2.92. The maximum atomic E-state index is 12.7. The van der Waals surface area contributed by atoms with Gasteiger partial charge in [0.25, 0.3) is 5.91 Å². The maximum Gasteiger partial charge on any atom is 0.345 e. The molecule has 1 N–H and O–H groups in total. The van der Waals surface area contributed by atoms with Crippen LogP contribution in [-0.2, 0) is 0 Å². The van der Waals surface area contributed by atoms with Crippen molar-refractivity contribution in [3.8, 4) is 0 Å². The highest BCUT2D eigenvalue weighted by atomic mass is 16.2. The van der Waals surface area contributed by atoms with Gasteiger partial charge in [-0.3, -0.25) is 9.78 Å². The smallest absolute Gasteiger partial charge is 0.338 e. The quantitative estimate of drug-likeness (QED) is 0.911. The number of aromatic amines is 1. The minimum atomic E-state index is -0.343. The average Bonchev–Trinajstić information content (AvgIpc) is 2.55. The Morgan fingerprint density at radius 3 is 2.95 bits per heavy atom. The van der Waals surface area contributed by atoms with E-state index in [0.29, 0.717) is 12.1 Å². The van der Waals surface area contributed by atoms with Gasteiger partial charge in [-0.05, 0) is 38.0 Å². The molecule has 2 aromatic heterocycles. The molecule has 1 atom stereocenters. The molecule has 6 nitrogen and oxygen atoms in total. The number of carbonyl (C=O) groups is 1. The molecule has 3 heterocycles. The highest BCUT2D eigenvalue weighted by Gasteiger charge is 2.26. The van der Waals surface area contributed by atoms with E-state index in [-0.39, 0.29) is 17.5 Å². The minimum absolute atomic E-state index is 0.00621. The second-order valence-corrected chi connectivity index (χ2v) is 5.56. The van der Waals surface area contributed by atoms with Gasteiger partial charge in [-0.15, -0.1) is 0 Å². The van der Waals surface area contributed by atoms with E-state index in [9.17, 15) is 9.59 Å². The first kappa shape index (κ1) is 14.4. The lowest BCUT2D eigenvalue weighted by molar-refractivity contribution is 0.0704. The van der Waals surface area contributed by atoms with Crippen molar-refractivity contribution in [2.75, 3.05) is 13.1 Å². The normalized spacial score (nSPS) is 18.2. The Morgan fingerprint density at radius 2 is 2.18 bits per heavy atom. The molecule has 1 aliphatic rings. The van der Waals surface area contributed by atoms with Crippen LogP contribution in [0.25, 0.3) is 0 Å². The zero-order valence-electron chi connectivity index (χ0n) is 12.5. The van der Waals surface area contributed by atoms with E-state index < -0.39 is 0 Å². The number of carbonyl (C=O) groups excluding carboxylic acids is 1. The molecule has 0 unspecified atom stereocenters. The highest BCUT2D eigenvalue weighted by Crippen LogP contribution is 2.26. The van der Waals surface area contributed by atoms with Gasteiger partial charge in [0.05, 0.1) is 5.56 Å². The van der Waals surface area contributed by atoms with Crippen LogP contribution in [0.1, 0.15) is 40.5 Å². The number of aryl methyl sites for hydroxylation is 1. The van der Waals surface area contributed by atoms with Crippen LogP contribution >= 0.6 is 0 Å². The van der Waals surface area contributed by atoms with Gasteiger partial charge in [0.2, 0.25) is 0 Å². The van der Waals surface area contributed by atoms with Gasteiger partial charge in [0, 0.05) is 42.8 Å². The van der Waals surface area contributed by atoms with Crippen molar-refractivity contribution in [1.29, 1.82) is 0 Å². The summed E-state index contributed by atoms with van der Waals surface area (Å²) in [7, 11) is 0. The summed E-state index contributed by atoms with van der Waals surface area (Å²) in [5, 5.41) is 0. The van der Waals surface area contributed by atoms with E-state index in [0.717, 1.165) is 30.8 Å². The lowest BCUT2D eigenvalue weighted by Gasteiger charge is -2.33. The number of amides is 1. The van der Waals surface area contributed by atoms with Crippen molar-refractivity contribution in [2.24, 2.45) is 0 Å². The van der Waals surface area contributed by atoms with E-state index in [1.807, 2.05) is 24.0 Å². The number of hydrogen-bond acceptors (Lipinski definition) is 4. The Labute approximate surface area is 128 Å². The number of H-pyrrole nitrogens is 1. The van der Waals surface area contributed by atoms with E-state index in [1.165, 1.54) is 6.20 Å². The molecule has 0 radical (unpaired) electrons. The zero-order chi connectivity index (χ0) is 15.5. The van der Waals surface area contributed by atoms with Gasteiger partial charge in [-0.2, -0.15) is 0 Å². The molecule has 2 aromatic rings. The first-order valence-electron chi connectivity index (χ1n) is 7.41. The van der Waals surface area contributed by atoms with Crippen molar-refractivity contribution in [2.45, 2.75) is 25.7 Å². The Bertz CT molecular complexity index is 741. The number of hydrogen-bond donors (Lipinski definition) is 1. The summed E-state index contributed by atoms with van der Waals surface area (Å²) >= 11 is 0. The number of aromatic nitrogens is 3. The third-order valence-electron chi connectivity index (χ3n) is 4.08. The third-order valence-corrected chi connectivity index (χ3v) is 4.08. The molecule has 1 saturated heterocycles. The zero-order valence-corrected chi connectivity index (χ0v) is 12.5. The molecule has 1 amide bonds. The number of piperidine rings is 1. The number of likely N-dealkylation sites (tertiary alicyclic amines) is 1. The van der Waals surface area contributed by atoms with Crippen molar-refractivity contribution in [1.82, 2.24) is 19.9 Å². The molecule has 0 spiro atoms. The van der Waals surface area contributed by atoms with E-state index in [4.69, 9.17) is 0 Å². The van der Waals surface area contributed by atoms with Crippen LogP contribution in [0.2, 0.25) is 0 Å². The molecule has 0 bridgehead atoms. The molecule has 1 fully saturated rings. The predicted molar refractivity (Wildman–Crippen MR) is 81.7 cm³/mol. The Balaban J connectivity index is 1.80. The Hall–Kier alpha value is -2.50.